The largest absolute Gasteiger partial charge is 0.415 e. The van der Waals surface area contributed by atoms with E-state index in [9.17, 15) is 9.36 Å². The Morgan fingerprint density at radius 1 is 1.57 bits per heavy atom. The van der Waals surface area contributed by atoms with E-state index < -0.39 is 13.2 Å². The van der Waals surface area contributed by atoms with Gasteiger partial charge in [-0.15, -0.1) is 0 Å². The maximum Gasteiger partial charge on any atom is 0.415 e. The first-order chi connectivity index (χ1) is 6.35. The Bertz CT molecular complexity index is 289. The molecule has 1 unspecified atom stereocenters. The van der Waals surface area contributed by atoms with Gasteiger partial charge in [0.05, 0.1) is 0 Å². The van der Waals surface area contributed by atoms with Crippen molar-refractivity contribution in [3.8, 4) is 0 Å². The standard InChI is InChI=1S/C6H14N3O4P/c1-7-5(9(2)3)8-6(10)14(11,12)13-4/h1-4H3,(H,11,12)(H,7,8,10). The summed E-state index contributed by atoms with van der Waals surface area (Å²) in [5.74, 6) is 0.182. The zero-order chi connectivity index (χ0) is 11.4. The number of guanidine groups is 1. The van der Waals surface area contributed by atoms with Gasteiger partial charge in [0, 0.05) is 28.3 Å². The van der Waals surface area contributed by atoms with Gasteiger partial charge in [-0.05, 0) is 0 Å². The SMILES string of the molecule is CN=C(NC(=O)P(=O)(O)OC)N(C)C. The maximum absolute atomic E-state index is 11.1. The summed E-state index contributed by atoms with van der Waals surface area (Å²) in [6.07, 6.45) is 0. The van der Waals surface area contributed by atoms with Crippen molar-refractivity contribution in [1.82, 2.24) is 10.2 Å². The molecule has 0 fully saturated rings. The van der Waals surface area contributed by atoms with E-state index in [0.717, 1.165) is 7.11 Å². The molecule has 0 aliphatic rings. The molecule has 1 amide bonds. The number of hydrogen-bond acceptors (Lipinski definition) is 4. The lowest BCUT2D eigenvalue weighted by Crippen LogP contribution is -2.39. The van der Waals surface area contributed by atoms with E-state index in [1.165, 1.54) is 11.9 Å². The summed E-state index contributed by atoms with van der Waals surface area (Å²) in [5, 5.41) is 2.16. The van der Waals surface area contributed by atoms with Crippen LogP contribution in [0.5, 0.6) is 0 Å². The lowest BCUT2D eigenvalue weighted by Gasteiger charge is -2.16. The number of nitrogens with zero attached hydrogens (tertiary/aromatic N) is 2. The molecule has 0 saturated carbocycles. The van der Waals surface area contributed by atoms with E-state index in [-0.39, 0.29) is 5.96 Å². The molecule has 82 valence electrons. The highest BCUT2D eigenvalue weighted by molar-refractivity contribution is 7.70. The molecule has 0 radical (unpaired) electrons. The fourth-order valence-corrected chi connectivity index (χ4v) is 1.02. The predicted octanol–water partition coefficient (Wildman–Crippen LogP) is 0.0752. The fraction of sp³-hybridized carbons (Fsp3) is 0.667. The summed E-state index contributed by atoms with van der Waals surface area (Å²) >= 11 is 0. The van der Waals surface area contributed by atoms with E-state index in [1.54, 1.807) is 14.1 Å². The van der Waals surface area contributed by atoms with Crippen molar-refractivity contribution in [2.24, 2.45) is 4.99 Å². The van der Waals surface area contributed by atoms with Crippen LogP contribution < -0.4 is 5.32 Å². The first-order valence-electron chi connectivity index (χ1n) is 3.69. The van der Waals surface area contributed by atoms with E-state index in [1.807, 2.05) is 0 Å². The van der Waals surface area contributed by atoms with Crippen LogP contribution in [0.2, 0.25) is 0 Å². The van der Waals surface area contributed by atoms with Gasteiger partial charge in [-0.1, -0.05) is 0 Å². The number of amides is 1. The molecule has 0 aliphatic heterocycles. The molecule has 2 N–H and O–H groups in total. The highest BCUT2D eigenvalue weighted by Gasteiger charge is 2.30. The summed E-state index contributed by atoms with van der Waals surface area (Å²) in [5.41, 5.74) is -1.10. The van der Waals surface area contributed by atoms with Gasteiger partial charge in [0.1, 0.15) is 0 Å². The Labute approximate surface area is 82.3 Å². The molecular formula is C6H14N3O4P. The minimum atomic E-state index is -4.23. The predicted molar refractivity (Wildman–Crippen MR) is 52.4 cm³/mol. The maximum atomic E-state index is 11.1. The normalized spacial score (nSPS) is 15.9. The molecule has 0 rings (SSSR count). The van der Waals surface area contributed by atoms with Crippen LogP contribution in [0, 0.1) is 0 Å². The average molecular weight is 223 g/mol. The van der Waals surface area contributed by atoms with E-state index in [0.29, 0.717) is 0 Å². The van der Waals surface area contributed by atoms with Gasteiger partial charge in [0.25, 0.3) is 0 Å². The summed E-state index contributed by atoms with van der Waals surface area (Å²) in [7, 11) is 1.48. The van der Waals surface area contributed by atoms with Crippen LogP contribution in [0.25, 0.3) is 0 Å². The highest BCUT2D eigenvalue weighted by Crippen LogP contribution is 2.41. The fourth-order valence-electron chi connectivity index (χ4n) is 0.617. The summed E-state index contributed by atoms with van der Waals surface area (Å²) < 4.78 is 15.2. The van der Waals surface area contributed by atoms with Crippen molar-refractivity contribution in [3.05, 3.63) is 0 Å². The zero-order valence-corrected chi connectivity index (χ0v) is 9.41. The molecule has 0 aromatic carbocycles. The Hall–Kier alpha value is -0.910. The first kappa shape index (κ1) is 13.1. The summed E-state index contributed by atoms with van der Waals surface area (Å²) in [6.45, 7) is 0. The smallest absolute Gasteiger partial charge is 0.349 e. The van der Waals surface area contributed by atoms with Crippen molar-refractivity contribution >= 4 is 19.2 Å². The van der Waals surface area contributed by atoms with E-state index in [4.69, 9.17) is 4.89 Å². The monoisotopic (exact) mass is 223 g/mol. The van der Waals surface area contributed by atoms with Crippen molar-refractivity contribution in [2.75, 3.05) is 28.3 Å². The lowest BCUT2D eigenvalue weighted by molar-refractivity contribution is 0.246. The van der Waals surface area contributed by atoms with Gasteiger partial charge in [0.15, 0.2) is 5.96 Å². The third-order valence-electron chi connectivity index (χ3n) is 1.36. The Balaban J connectivity index is 4.55. The molecule has 0 aromatic heterocycles. The Kier molecular flexibility index (Phi) is 4.76. The topological polar surface area (TPSA) is 91.2 Å². The second-order valence-corrected chi connectivity index (χ2v) is 4.39. The van der Waals surface area contributed by atoms with Crippen molar-refractivity contribution < 1.29 is 18.8 Å². The van der Waals surface area contributed by atoms with Crippen molar-refractivity contribution in [1.29, 1.82) is 0 Å². The summed E-state index contributed by atoms with van der Waals surface area (Å²) in [4.78, 5) is 25.3. The Morgan fingerprint density at radius 2 is 2.07 bits per heavy atom. The second-order valence-electron chi connectivity index (χ2n) is 2.57. The number of aliphatic imine (C=N–C) groups is 1. The number of carbonyl (C=O) groups excluding carboxylic acids is 1. The molecule has 1 atom stereocenters. The molecule has 7 nitrogen and oxygen atoms in total. The quantitative estimate of drug-likeness (QED) is 0.393. The number of carbonyl (C=O) groups is 1. The summed E-state index contributed by atoms with van der Waals surface area (Å²) in [6, 6.07) is 0. The van der Waals surface area contributed by atoms with Gasteiger partial charge in [-0.2, -0.15) is 0 Å². The van der Waals surface area contributed by atoms with Crippen LogP contribution in [0.3, 0.4) is 0 Å². The molecule has 0 spiro atoms. The molecule has 0 aliphatic carbocycles. The number of rotatable bonds is 2. The zero-order valence-electron chi connectivity index (χ0n) is 8.51. The van der Waals surface area contributed by atoms with Crippen molar-refractivity contribution in [3.63, 3.8) is 0 Å². The van der Waals surface area contributed by atoms with Crippen LogP contribution in [0.15, 0.2) is 4.99 Å². The Morgan fingerprint density at radius 3 is 2.36 bits per heavy atom. The molecule has 0 heterocycles. The van der Waals surface area contributed by atoms with Crippen LogP contribution in [-0.4, -0.2) is 49.7 Å². The lowest BCUT2D eigenvalue weighted by atomic mass is 10.8. The van der Waals surface area contributed by atoms with Crippen LogP contribution >= 0.6 is 7.60 Å². The van der Waals surface area contributed by atoms with Crippen molar-refractivity contribution in [2.45, 2.75) is 0 Å². The van der Waals surface area contributed by atoms with Gasteiger partial charge >= 0.3 is 13.2 Å². The van der Waals surface area contributed by atoms with E-state index >= 15 is 0 Å². The molecule has 14 heavy (non-hydrogen) atoms. The molecular weight excluding hydrogens is 209 g/mol. The van der Waals surface area contributed by atoms with Gasteiger partial charge in [0.2, 0.25) is 0 Å². The number of hydrogen-bond donors (Lipinski definition) is 2. The van der Waals surface area contributed by atoms with Crippen LogP contribution in [-0.2, 0) is 9.09 Å². The highest BCUT2D eigenvalue weighted by atomic mass is 31.2. The van der Waals surface area contributed by atoms with E-state index in [2.05, 4.69) is 14.8 Å². The second kappa shape index (κ2) is 5.09. The molecule has 0 aromatic rings. The molecule has 8 heteroatoms. The van der Waals surface area contributed by atoms with Gasteiger partial charge < -0.3 is 14.3 Å². The third kappa shape index (κ3) is 3.45. The van der Waals surface area contributed by atoms with Gasteiger partial charge in [-0.25, -0.2) is 4.57 Å². The first-order valence-corrected chi connectivity index (χ1v) is 5.27. The van der Waals surface area contributed by atoms with Crippen LogP contribution in [0.1, 0.15) is 0 Å². The average Bonchev–Trinajstić information content (AvgIpc) is 2.12. The minimum Gasteiger partial charge on any atom is -0.349 e. The van der Waals surface area contributed by atoms with Crippen LogP contribution in [0.4, 0.5) is 4.79 Å². The third-order valence-corrected chi connectivity index (χ3v) is 2.48. The minimum absolute atomic E-state index is 0.182. The molecule has 0 saturated heterocycles. The number of nitrogens with one attached hydrogen (secondary N) is 1. The van der Waals surface area contributed by atoms with Gasteiger partial charge in [-0.3, -0.25) is 15.1 Å². The molecule has 0 bridgehead atoms.